The molecule has 0 fully saturated rings. The van der Waals surface area contributed by atoms with Gasteiger partial charge in [-0.05, 0) is 36.4 Å². The Morgan fingerprint density at radius 2 is 1.23 bits per heavy atom. The van der Waals surface area contributed by atoms with E-state index in [4.69, 9.17) is 14.4 Å². The van der Waals surface area contributed by atoms with Gasteiger partial charge in [-0.3, -0.25) is 4.57 Å². The molecule has 0 atom stereocenters. The fraction of sp³-hybridized carbons (Fsp3) is 0. The van der Waals surface area contributed by atoms with Gasteiger partial charge >= 0.3 is 0 Å². The molecule has 4 aromatic heterocycles. The van der Waals surface area contributed by atoms with Crippen molar-refractivity contribution in [2.75, 3.05) is 0 Å². The first kappa shape index (κ1) is 23.1. The van der Waals surface area contributed by atoms with E-state index in [1.165, 1.54) is 25.6 Å². The lowest BCUT2D eigenvalue weighted by Gasteiger charge is -2.11. The zero-order valence-electron chi connectivity index (χ0n) is 22.8. The summed E-state index contributed by atoms with van der Waals surface area (Å²) in [5, 5.41) is 8.07. The highest BCUT2D eigenvalue weighted by Crippen LogP contribution is 2.46. The number of hydrogen-bond acceptors (Lipinski definition) is 4. The summed E-state index contributed by atoms with van der Waals surface area (Å²) in [4.78, 5) is 10.5. The van der Waals surface area contributed by atoms with Gasteiger partial charge in [-0.25, -0.2) is 9.97 Å². The Bertz CT molecular complexity index is 2610. The van der Waals surface area contributed by atoms with E-state index in [-0.39, 0.29) is 0 Å². The quantitative estimate of drug-likeness (QED) is 0.209. The van der Waals surface area contributed by atoms with E-state index in [0.29, 0.717) is 5.95 Å². The normalized spacial score (nSPS) is 12.2. The SMILES string of the molecule is c1ccc(-c2nc(-n3c4ccc5c6ccccc6oc5c4c4c5sc6ccccc6c5ccc43)nc3ccccc23)cc1. The number of benzene rings is 6. The number of hydrogen-bond donors (Lipinski definition) is 0. The monoisotopic (exact) mass is 567 g/mol. The lowest BCUT2D eigenvalue weighted by atomic mass is 10.1. The summed E-state index contributed by atoms with van der Waals surface area (Å²) < 4.78 is 11.4. The smallest absolute Gasteiger partial charge is 0.235 e. The van der Waals surface area contributed by atoms with Crippen molar-refractivity contribution in [2.24, 2.45) is 0 Å². The maximum absolute atomic E-state index is 6.66. The van der Waals surface area contributed by atoms with Gasteiger partial charge in [-0.15, -0.1) is 11.3 Å². The van der Waals surface area contributed by atoms with Crippen LogP contribution in [0.2, 0.25) is 0 Å². The second kappa shape index (κ2) is 8.51. The van der Waals surface area contributed by atoms with Crippen LogP contribution < -0.4 is 0 Å². The first-order chi connectivity index (χ1) is 21.3. The van der Waals surface area contributed by atoms with Crippen molar-refractivity contribution in [3.05, 3.63) is 127 Å². The molecule has 200 valence electrons. The largest absolute Gasteiger partial charge is 0.455 e. The van der Waals surface area contributed by atoms with Gasteiger partial charge in [0.1, 0.15) is 11.2 Å². The molecule has 10 rings (SSSR count). The van der Waals surface area contributed by atoms with Crippen LogP contribution in [0, 0.1) is 0 Å². The Morgan fingerprint density at radius 1 is 0.535 bits per heavy atom. The molecule has 0 N–H and O–H groups in total. The van der Waals surface area contributed by atoms with Crippen molar-refractivity contribution in [2.45, 2.75) is 0 Å². The van der Waals surface area contributed by atoms with Crippen LogP contribution in [0.15, 0.2) is 132 Å². The second-order valence-electron chi connectivity index (χ2n) is 11.0. The average molecular weight is 568 g/mol. The van der Waals surface area contributed by atoms with Crippen LogP contribution >= 0.6 is 11.3 Å². The summed E-state index contributed by atoms with van der Waals surface area (Å²) in [7, 11) is 0. The molecule has 0 saturated heterocycles. The molecule has 0 bridgehead atoms. The summed E-state index contributed by atoms with van der Waals surface area (Å²) in [6, 6.07) is 44.5. The Labute approximate surface area is 249 Å². The third-order valence-corrected chi connectivity index (χ3v) is 9.82. The van der Waals surface area contributed by atoms with Crippen LogP contribution in [0.4, 0.5) is 0 Å². The Hall–Kier alpha value is -5.52. The van der Waals surface area contributed by atoms with Gasteiger partial charge in [0.15, 0.2) is 0 Å². The Morgan fingerprint density at radius 3 is 2.12 bits per heavy atom. The van der Waals surface area contributed by atoms with E-state index in [1.54, 1.807) is 0 Å². The fourth-order valence-corrected chi connectivity index (χ4v) is 7.99. The van der Waals surface area contributed by atoms with Crippen molar-refractivity contribution >= 4 is 86.2 Å². The summed E-state index contributed by atoms with van der Waals surface area (Å²) in [5.74, 6) is 0.647. The van der Waals surface area contributed by atoms with Crippen molar-refractivity contribution in [3.63, 3.8) is 0 Å². The van der Waals surface area contributed by atoms with Crippen LogP contribution in [0.25, 0.3) is 92.0 Å². The third-order valence-electron chi connectivity index (χ3n) is 8.62. The first-order valence-electron chi connectivity index (χ1n) is 14.3. The van der Waals surface area contributed by atoms with Crippen LogP contribution in [-0.4, -0.2) is 14.5 Å². The average Bonchev–Trinajstić information content (AvgIpc) is 3.74. The third kappa shape index (κ3) is 3.14. The molecule has 5 heteroatoms. The molecule has 0 spiro atoms. The molecule has 4 heterocycles. The molecule has 0 aliphatic heterocycles. The van der Waals surface area contributed by atoms with Gasteiger partial charge in [-0.2, -0.15) is 0 Å². The standard InChI is InChI=1S/C38H21N3OS/c1-2-10-22(11-3-1)35-27-14-4-7-15-28(27)39-38(40-35)41-29-20-18-25-23-12-5-8-16-31(23)42-36(25)33(29)34-30(41)21-19-26-24-13-6-9-17-32(24)43-37(26)34/h1-21H. The molecular weight excluding hydrogens is 547 g/mol. The van der Waals surface area contributed by atoms with Gasteiger partial charge in [0.25, 0.3) is 0 Å². The van der Waals surface area contributed by atoms with Crippen LogP contribution in [-0.2, 0) is 0 Å². The fourth-order valence-electron chi connectivity index (χ4n) is 6.74. The zero-order chi connectivity index (χ0) is 28.1. The molecular formula is C38H21N3OS. The molecule has 0 aliphatic rings. The minimum Gasteiger partial charge on any atom is -0.455 e. The number of para-hydroxylation sites is 2. The molecule has 0 amide bonds. The van der Waals surface area contributed by atoms with Gasteiger partial charge in [0, 0.05) is 47.3 Å². The van der Waals surface area contributed by atoms with Crippen molar-refractivity contribution in [1.29, 1.82) is 0 Å². The topological polar surface area (TPSA) is 43.9 Å². The van der Waals surface area contributed by atoms with E-state index in [1.807, 2.05) is 35.6 Å². The predicted molar refractivity (Wildman–Crippen MR) is 179 cm³/mol. The van der Waals surface area contributed by atoms with E-state index >= 15 is 0 Å². The lowest BCUT2D eigenvalue weighted by Crippen LogP contribution is -2.03. The number of fused-ring (bicyclic) bond motifs is 12. The van der Waals surface area contributed by atoms with Gasteiger partial charge in [-0.1, -0.05) is 91.0 Å². The molecule has 4 nitrogen and oxygen atoms in total. The van der Waals surface area contributed by atoms with Gasteiger partial charge < -0.3 is 4.42 Å². The van der Waals surface area contributed by atoms with Crippen LogP contribution in [0.1, 0.15) is 0 Å². The number of furan rings is 1. The summed E-state index contributed by atoms with van der Waals surface area (Å²) in [5.41, 5.74) is 6.78. The number of rotatable bonds is 2. The van der Waals surface area contributed by atoms with E-state index in [0.717, 1.165) is 60.5 Å². The minimum absolute atomic E-state index is 0.647. The summed E-state index contributed by atoms with van der Waals surface area (Å²) in [6.07, 6.45) is 0. The van der Waals surface area contributed by atoms with E-state index in [9.17, 15) is 0 Å². The van der Waals surface area contributed by atoms with Gasteiger partial charge in [0.05, 0.1) is 27.6 Å². The van der Waals surface area contributed by atoms with Crippen molar-refractivity contribution < 1.29 is 4.42 Å². The van der Waals surface area contributed by atoms with E-state index in [2.05, 4.69) is 108 Å². The van der Waals surface area contributed by atoms with E-state index < -0.39 is 0 Å². The minimum atomic E-state index is 0.647. The highest BCUT2D eigenvalue weighted by Gasteiger charge is 2.23. The zero-order valence-corrected chi connectivity index (χ0v) is 23.6. The molecule has 6 aromatic carbocycles. The van der Waals surface area contributed by atoms with Gasteiger partial charge in [0.2, 0.25) is 5.95 Å². The lowest BCUT2D eigenvalue weighted by molar-refractivity contribution is 0.673. The maximum Gasteiger partial charge on any atom is 0.235 e. The summed E-state index contributed by atoms with van der Waals surface area (Å²) >= 11 is 1.84. The number of aromatic nitrogens is 3. The van der Waals surface area contributed by atoms with Crippen molar-refractivity contribution in [1.82, 2.24) is 14.5 Å². The molecule has 43 heavy (non-hydrogen) atoms. The molecule has 0 aliphatic carbocycles. The number of thiophene rings is 1. The van der Waals surface area contributed by atoms with Crippen LogP contribution in [0.3, 0.4) is 0 Å². The highest BCUT2D eigenvalue weighted by molar-refractivity contribution is 7.26. The molecule has 0 radical (unpaired) electrons. The predicted octanol–water partition coefficient (Wildman–Crippen LogP) is 10.7. The van der Waals surface area contributed by atoms with Crippen molar-refractivity contribution in [3.8, 4) is 17.2 Å². The molecule has 0 saturated carbocycles. The maximum atomic E-state index is 6.66. The molecule has 10 aromatic rings. The Balaban J connectivity index is 1.42. The van der Waals surface area contributed by atoms with Crippen LogP contribution in [0.5, 0.6) is 0 Å². The molecule has 0 unspecified atom stereocenters. The number of nitrogens with zero attached hydrogens (tertiary/aromatic N) is 3. The first-order valence-corrected chi connectivity index (χ1v) is 15.2. The highest BCUT2D eigenvalue weighted by atomic mass is 32.1. The Kier molecular flexibility index (Phi) is 4.57. The second-order valence-corrected chi connectivity index (χ2v) is 12.0. The summed E-state index contributed by atoms with van der Waals surface area (Å²) in [6.45, 7) is 0.